The summed E-state index contributed by atoms with van der Waals surface area (Å²) >= 11 is 1.61. The second-order valence-electron chi connectivity index (χ2n) is 4.38. The summed E-state index contributed by atoms with van der Waals surface area (Å²) in [6, 6.07) is 7.86. The fourth-order valence-corrected chi connectivity index (χ4v) is 2.63. The number of hydrogen-bond acceptors (Lipinski definition) is 3. The van der Waals surface area contributed by atoms with Gasteiger partial charge in [-0.1, -0.05) is 0 Å². The van der Waals surface area contributed by atoms with Crippen LogP contribution in [-0.4, -0.2) is 5.91 Å². The average Bonchev–Trinajstić information content (AvgIpc) is 2.75. The molecule has 0 fully saturated rings. The van der Waals surface area contributed by atoms with E-state index in [0.29, 0.717) is 5.69 Å². The van der Waals surface area contributed by atoms with Gasteiger partial charge in [0.1, 0.15) is 5.82 Å². The van der Waals surface area contributed by atoms with Gasteiger partial charge in [-0.25, -0.2) is 4.39 Å². The minimum atomic E-state index is -0.605. The number of nitrogens with two attached hydrogens (primary N) is 1. The van der Waals surface area contributed by atoms with Crippen molar-refractivity contribution in [3.05, 3.63) is 51.5 Å². The maximum atomic E-state index is 13.6. The molecule has 0 bridgehead atoms. The van der Waals surface area contributed by atoms with Crippen LogP contribution >= 0.6 is 11.3 Å². The first kappa shape index (κ1) is 13.5. The molecule has 3 N–H and O–H groups in total. The van der Waals surface area contributed by atoms with Crippen LogP contribution in [0.1, 0.15) is 33.1 Å². The molecule has 1 atom stereocenters. The number of halogens is 1. The van der Waals surface area contributed by atoms with Crippen LogP contribution in [0.15, 0.2) is 30.3 Å². The highest BCUT2D eigenvalue weighted by Crippen LogP contribution is 2.23. The molecule has 1 aromatic carbocycles. The van der Waals surface area contributed by atoms with Crippen LogP contribution in [-0.2, 0) is 0 Å². The summed E-state index contributed by atoms with van der Waals surface area (Å²) in [7, 11) is 0. The Hall–Kier alpha value is -1.88. The Morgan fingerprint density at radius 2 is 2.11 bits per heavy atom. The lowest BCUT2D eigenvalue weighted by atomic mass is 10.1. The van der Waals surface area contributed by atoms with E-state index in [4.69, 9.17) is 5.73 Å². The van der Waals surface area contributed by atoms with Crippen molar-refractivity contribution >= 4 is 22.9 Å². The molecule has 19 heavy (non-hydrogen) atoms. The van der Waals surface area contributed by atoms with Gasteiger partial charge in [0.05, 0.1) is 11.6 Å². The number of amides is 1. The monoisotopic (exact) mass is 278 g/mol. The van der Waals surface area contributed by atoms with Gasteiger partial charge in [0.25, 0.3) is 5.91 Å². The van der Waals surface area contributed by atoms with Gasteiger partial charge in [-0.15, -0.1) is 11.3 Å². The molecule has 0 saturated heterocycles. The molecule has 1 heterocycles. The van der Waals surface area contributed by atoms with Gasteiger partial charge in [0.15, 0.2) is 0 Å². The normalized spacial score (nSPS) is 12.2. The third-order valence-corrected chi connectivity index (χ3v) is 3.96. The molecule has 2 rings (SSSR count). The Kier molecular flexibility index (Phi) is 3.85. The molecule has 3 nitrogen and oxygen atoms in total. The molecule has 0 spiro atoms. The molecule has 0 radical (unpaired) electrons. The van der Waals surface area contributed by atoms with E-state index < -0.39 is 11.7 Å². The standard InChI is InChI=1S/C14H15FN2OS/c1-8-3-6-13(19-8)9(2)17-14(18)11-5-4-10(16)7-12(11)15/h3-7,9H,16H2,1-2H3,(H,17,18). The zero-order chi connectivity index (χ0) is 14.0. The van der Waals surface area contributed by atoms with E-state index in [1.165, 1.54) is 17.0 Å². The van der Waals surface area contributed by atoms with Crippen molar-refractivity contribution < 1.29 is 9.18 Å². The number of nitrogen functional groups attached to an aromatic ring is 1. The van der Waals surface area contributed by atoms with Crippen molar-refractivity contribution in [2.24, 2.45) is 0 Å². The van der Waals surface area contributed by atoms with Gasteiger partial charge in [-0.3, -0.25) is 4.79 Å². The van der Waals surface area contributed by atoms with Crippen LogP contribution in [0.2, 0.25) is 0 Å². The molecule has 5 heteroatoms. The minimum Gasteiger partial charge on any atom is -0.399 e. The number of carbonyl (C=O) groups excluding carboxylic acids is 1. The van der Waals surface area contributed by atoms with Crippen molar-refractivity contribution in [3.8, 4) is 0 Å². The molecule has 0 aliphatic heterocycles. The largest absolute Gasteiger partial charge is 0.399 e. The Labute approximate surface area is 115 Å². The minimum absolute atomic E-state index is 0.00864. The first-order valence-electron chi connectivity index (χ1n) is 5.89. The molecule has 1 aromatic heterocycles. The second-order valence-corrected chi connectivity index (χ2v) is 5.70. The summed E-state index contributed by atoms with van der Waals surface area (Å²) in [4.78, 5) is 14.2. The van der Waals surface area contributed by atoms with Crippen LogP contribution in [0.25, 0.3) is 0 Å². The lowest BCUT2D eigenvalue weighted by molar-refractivity contribution is 0.0936. The van der Waals surface area contributed by atoms with Crippen LogP contribution in [0.5, 0.6) is 0 Å². The van der Waals surface area contributed by atoms with Crippen LogP contribution in [0, 0.1) is 12.7 Å². The molecule has 2 aromatic rings. The summed E-state index contributed by atoms with van der Waals surface area (Å²) in [5.41, 5.74) is 5.76. The maximum Gasteiger partial charge on any atom is 0.254 e. The second kappa shape index (κ2) is 5.40. The van der Waals surface area contributed by atoms with E-state index in [1.807, 2.05) is 26.0 Å². The fraction of sp³-hybridized carbons (Fsp3) is 0.214. The number of benzene rings is 1. The van der Waals surface area contributed by atoms with E-state index in [-0.39, 0.29) is 11.6 Å². The van der Waals surface area contributed by atoms with Crippen LogP contribution in [0.3, 0.4) is 0 Å². The molecule has 1 unspecified atom stereocenters. The third-order valence-electron chi connectivity index (χ3n) is 2.77. The van der Waals surface area contributed by atoms with Gasteiger partial charge in [0, 0.05) is 15.4 Å². The van der Waals surface area contributed by atoms with E-state index in [9.17, 15) is 9.18 Å². The zero-order valence-corrected chi connectivity index (χ0v) is 11.6. The highest BCUT2D eigenvalue weighted by molar-refractivity contribution is 7.12. The maximum absolute atomic E-state index is 13.6. The van der Waals surface area contributed by atoms with E-state index in [0.717, 1.165) is 10.9 Å². The van der Waals surface area contributed by atoms with Gasteiger partial charge in [0.2, 0.25) is 0 Å². The Bertz CT molecular complexity index is 609. The molecule has 0 saturated carbocycles. The number of aryl methyl sites for hydroxylation is 1. The van der Waals surface area contributed by atoms with Crippen molar-refractivity contribution in [2.75, 3.05) is 5.73 Å². The van der Waals surface area contributed by atoms with Crippen molar-refractivity contribution in [3.63, 3.8) is 0 Å². The zero-order valence-electron chi connectivity index (χ0n) is 10.7. The predicted molar refractivity (Wildman–Crippen MR) is 75.7 cm³/mol. The van der Waals surface area contributed by atoms with E-state index in [1.54, 1.807) is 11.3 Å². The number of carbonyl (C=O) groups is 1. The number of nitrogens with one attached hydrogen (secondary N) is 1. The molecular weight excluding hydrogens is 263 g/mol. The number of rotatable bonds is 3. The van der Waals surface area contributed by atoms with Gasteiger partial charge >= 0.3 is 0 Å². The van der Waals surface area contributed by atoms with Crippen molar-refractivity contribution in [2.45, 2.75) is 19.9 Å². The lowest BCUT2D eigenvalue weighted by Crippen LogP contribution is -2.27. The highest BCUT2D eigenvalue weighted by atomic mass is 32.1. The molecule has 0 aliphatic rings. The third kappa shape index (κ3) is 3.12. The lowest BCUT2D eigenvalue weighted by Gasteiger charge is -2.12. The van der Waals surface area contributed by atoms with Crippen molar-refractivity contribution in [1.29, 1.82) is 0 Å². The first-order valence-corrected chi connectivity index (χ1v) is 6.71. The summed E-state index contributed by atoms with van der Waals surface area (Å²) < 4.78 is 13.6. The van der Waals surface area contributed by atoms with Crippen molar-refractivity contribution in [1.82, 2.24) is 5.32 Å². The Morgan fingerprint density at radius 3 is 2.68 bits per heavy atom. The topological polar surface area (TPSA) is 55.1 Å². The quantitative estimate of drug-likeness (QED) is 0.847. The highest BCUT2D eigenvalue weighted by Gasteiger charge is 2.16. The van der Waals surface area contributed by atoms with Gasteiger partial charge < -0.3 is 11.1 Å². The number of thiophene rings is 1. The SMILES string of the molecule is Cc1ccc(C(C)NC(=O)c2ccc(N)cc2F)s1. The van der Waals surface area contributed by atoms with Gasteiger partial charge in [-0.2, -0.15) is 0 Å². The summed E-state index contributed by atoms with van der Waals surface area (Å²) in [6.45, 7) is 3.88. The number of anilines is 1. The molecule has 0 aliphatic carbocycles. The van der Waals surface area contributed by atoms with Gasteiger partial charge in [-0.05, 0) is 44.2 Å². The van der Waals surface area contributed by atoms with E-state index >= 15 is 0 Å². The summed E-state index contributed by atoms with van der Waals surface area (Å²) in [5, 5.41) is 2.78. The fourth-order valence-electron chi connectivity index (χ4n) is 1.75. The number of hydrogen-bond donors (Lipinski definition) is 2. The summed E-state index contributed by atoms with van der Waals surface area (Å²) in [5.74, 6) is -1.04. The molecular formula is C14H15FN2OS. The Balaban J connectivity index is 2.12. The van der Waals surface area contributed by atoms with Crippen LogP contribution in [0.4, 0.5) is 10.1 Å². The van der Waals surface area contributed by atoms with Crippen LogP contribution < -0.4 is 11.1 Å². The smallest absolute Gasteiger partial charge is 0.254 e. The average molecular weight is 278 g/mol. The Morgan fingerprint density at radius 1 is 1.37 bits per heavy atom. The van der Waals surface area contributed by atoms with E-state index in [2.05, 4.69) is 5.32 Å². The predicted octanol–water partition coefficient (Wildman–Crippen LogP) is 3.27. The molecule has 1 amide bonds. The summed E-state index contributed by atoms with van der Waals surface area (Å²) in [6.07, 6.45) is 0. The molecule has 100 valence electrons. The first-order chi connectivity index (χ1) is 8.97.